The van der Waals surface area contributed by atoms with E-state index in [2.05, 4.69) is 15.4 Å². The molecule has 4 rings (SSSR count). The SMILES string of the molecule is CN(CC(=O)NCCn1nc(-c2ccco2)ccc1=O)C(=O)c1c[nH]c2ccccc12. The van der Waals surface area contributed by atoms with E-state index in [9.17, 15) is 14.4 Å². The van der Waals surface area contributed by atoms with E-state index < -0.39 is 0 Å². The molecule has 0 saturated heterocycles. The van der Waals surface area contributed by atoms with E-state index >= 15 is 0 Å². The number of rotatable bonds is 7. The number of hydrogen-bond donors (Lipinski definition) is 2. The summed E-state index contributed by atoms with van der Waals surface area (Å²) in [6.45, 7) is 0.287. The molecule has 2 N–H and O–H groups in total. The highest BCUT2D eigenvalue weighted by Gasteiger charge is 2.18. The summed E-state index contributed by atoms with van der Waals surface area (Å²) in [5, 5.41) is 7.78. The number of nitrogens with one attached hydrogen (secondary N) is 2. The molecule has 31 heavy (non-hydrogen) atoms. The molecule has 0 aliphatic carbocycles. The summed E-state index contributed by atoms with van der Waals surface area (Å²) in [5.74, 6) is -0.0298. The average molecular weight is 419 g/mol. The Hall–Kier alpha value is -4.14. The number of hydrogen-bond acceptors (Lipinski definition) is 5. The van der Waals surface area contributed by atoms with E-state index in [1.54, 1.807) is 31.4 Å². The molecule has 0 aliphatic rings. The lowest BCUT2D eigenvalue weighted by Gasteiger charge is -2.16. The fraction of sp³-hybridized carbons (Fsp3) is 0.182. The second kappa shape index (κ2) is 8.70. The molecule has 0 radical (unpaired) electrons. The van der Waals surface area contributed by atoms with E-state index in [1.165, 1.54) is 21.9 Å². The predicted molar refractivity (Wildman–Crippen MR) is 114 cm³/mol. The summed E-state index contributed by atoms with van der Waals surface area (Å²) in [4.78, 5) is 41.4. The third-order valence-electron chi connectivity index (χ3n) is 4.83. The lowest BCUT2D eigenvalue weighted by Crippen LogP contribution is -2.40. The van der Waals surface area contributed by atoms with Crippen LogP contribution >= 0.6 is 0 Å². The zero-order valence-electron chi connectivity index (χ0n) is 16.9. The molecule has 3 heterocycles. The Kier molecular flexibility index (Phi) is 5.65. The standard InChI is InChI=1S/C22H21N5O4/c1-26(22(30)16-13-24-17-6-3-2-5-15(16)17)14-20(28)23-10-11-27-21(29)9-8-18(25-27)19-7-4-12-31-19/h2-9,12-13,24H,10-11,14H2,1H3,(H,23,28). The Labute approximate surface area is 177 Å². The molecule has 0 aliphatic heterocycles. The molecule has 1 aromatic carbocycles. The van der Waals surface area contributed by atoms with Gasteiger partial charge in [-0.15, -0.1) is 0 Å². The van der Waals surface area contributed by atoms with E-state index in [-0.39, 0.29) is 37.0 Å². The van der Waals surface area contributed by atoms with E-state index in [4.69, 9.17) is 4.42 Å². The first-order valence-electron chi connectivity index (χ1n) is 9.73. The number of carbonyl (C=O) groups excluding carboxylic acids is 2. The maximum Gasteiger partial charge on any atom is 0.266 e. The monoisotopic (exact) mass is 419 g/mol. The molecular formula is C22H21N5O4. The molecule has 0 spiro atoms. The number of benzene rings is 1. The Morgan fingerprint density at radius 2 is 2.00 bits per heavy atom. The highest BCUT2D eigenvalue weighted by Crippen LogP contribution is 2.19. The van der Waals surface area contributed by atoms with Crippen LogP contribution in [-0.4, -0.2) is 51.6 Å². The highest BCUT2D eigenvalue weighted by atomic mass is 16.3. The highest BCUT2D eigenvalue weighted by molar-refractivity contribution is 6.07. The first-order valence-corrected chi connectivity index (χ1v) is 9.73. The molecule has 9 nitrogen and oxygen atoms in total. The van der Waals surface area contributed by atoms with Crippen LogP contribution in [0.4, 0.5) is 0 Å². The van der Waals surface area contributed by atoms with Crippen LogP contribution in [0.25, 0.3) is 22.4 Å². The Bertz CT molecular complexity index is 1270. The van der Waals surface area contributed by atoms with Gasteiger partial charge >= 0.3 is 0 Å². The van der Waals surface area contributed by atoms with Crippen molar-refractivity contribution in [3.05, 3.63) is 76.9 Å². The van der Waals surface area contributed by atoms with Crippen molar-refractivity contribution in [3.63, 3.8) is 0 Å². The normalized spacial score (nSPS) is 10.9. The number of H-pyrrole nitrogens is 1. The Morgan fingerprint density at radius 1 is 1.16 bits per heavy atom. The molecule has 0 bridgehead atoms. The Balaban J connectivity index is 1.33. The van der Waals surface area contributed by atoms with Crippen molar-refractivity contribution in [2.45, 2.75) is 6.54 Å². The first kappa shape index (κ1) is 20.1. The minimum absolute atomic E-state index is 0.104. The minimum atomic E-state index is -0.328. The van der Waals surface area contributed by atoms with Crippen LogP contribution in [0.3, 0.4) is 0 Å². The number of furan rings is 1. The number of amides is 2. The number of aromatic nitrogens is 3. The van der Waals surface area contributed by atoms with Crippen molar-refractivity contribution in [2.24, 2.45) is 0 Å². The van der Waals surface area contributed by atoms with Gasteiger partial charge in [-0.05, 0) is 24.3 Å². The van der Waals surface area contributed by atoms with Crippen molar-refractivity contribution >= 4 is 22.7 Å². The molecule has 0 fully saturated rings. The van der Waals surface area contributed by atoms with Crippen LogP contribution in [-0.2, 0) is 11.3 Å². The van der Waals surface area contributed by atoms with Gasteiger partial charge in [-0.25, -0.2) is 4.68 Å². The third-order valence-corrected chi connectivity index (χ3v) is 4.83. The van der Waals surface area contributed by atoms with Gasteiger partial charge in [0.1, 0.15) is 5.69 Å². The van der Waals surface area contributed by atoms with Gasteiger partial charge in [0.15, 0.2) is 5.76 Å². The summed E-state index contributed by atoms with van der Waals surface area (Å²) in [7, 11) is 1.57. The third kappa shape index (κ3) is 4.40. The number of nitrogens with zero attached hydrogens (tertiary/aromatic N) is 3. The summed E-state index contributed by atoms with van der Waals surface area (Å²) in [6, 6.07) is 14.0. The van der Waals surface area contributed by atoms with Gasteiger partial charge in [0, 0.05) is 36.8 Å². The second-order valence-electron chi connectivity index (χ2n) is 7.02. The molecule has 2 amide bonds. The topological polar surface area (TPSA) is 113 Å². The average Bonchev–Trinajstić information content (AvgIpc) is 3.44. The van der Waals surface area contributed by atoms with Gasteiger partial charge in [-0.1, -0.05) is 18.2 Å². The molecule has 158 valence electrons. The molecule has 4 aromatic rings. The number of carbonyl (C=O) groups is 2. The van der Waals surface area contributed by atoms with E-state index in [1.807, 2.05) is 24.3 Å². The van der Waals surface area contributed by atoms with Gasteiger partial charge in [-0.3, -0.25) is 14.4 Å². The van der Waals surface area contributed by atoms with Gasteiger partial charge in [0.05, 0.1) is 24.9 Å². The van der Waals surface area contributed by atoms with Gasteiger partial charge in [0.25, 0.3) is 11.5 Å². The lowest BCUT2D eigenvalue weighted by atomic mass is 10.1. The maximum absolute atomic E-state index is 12.7. The molecule has 3 aromatic heterocycles. The molecule has 0 unspecified atom stereocenters. The van der Waals surface area contributed by atoms with Gasteiger partial charge in [0.2, 0.25) is 5.91 Å². The van der Waals surface area contributed by atoms with E-state index in [0.717, 1.165) is 10.9 Å². The molecule has 0 atom stereocenters. The largest absolute Gasteiger partial charge is 0.463 e. The Morgan fingerprint density at radius 3 is 2.81 bits per heavy atom. The first-order chi connectivity index (χ1) is 15.0. The minimum Gasteiger partial charge on any atom is -0.463 e. The molecule has 9 heteroatoms. The number of aromatic amines is 1. The van der Waals surface area contributed by atoms with Gasteiger partial charge < -0.3 is 19.6 Å². The van der Waals surface area contributed by atoms with Crippen molar-refractivity contribution in [3.8, 4) is 11.5 Å². The van der Waals surface area contributed by atoms with Crippen molar-refractivity contribution in [1.29, 1.82) is 0 Å². The van der Waals surface area contributed by atoms with Crippen LogP contribution in [0, 0.1) is 0 Å². The van der Waals surface area contributed by atoms with Crippen LogP contribution in [0.2, 0.25) is 0 Å². The fourth-order valence-corrected chi connectivity index (χ4v) is 3.26. The molecular weight excluding hydrogens is 398 g/mol. The second-order valence-corrected chi connectivity index (χ2v) is 7.02. The summed E-state index contributed by atoms with van der Waals surface area (Å²) in [6.07, 6.45) is 3.17. The molecule has 0 saturated carbocycles. The quantitative estimate of drug-likeness (QED) is 0.475. The lowest BCUT2D eigenvalue weighted by molar-refractivity contribution is -0.121. The van der Waals surface area contributed by atoms with Crippen LogP contribution in [0.15, 0.2) is 70.2 Å². The van der Waals surface area contributed by atoms with Crippen molar-refractivity contribution in [1.82, 2.24) is 25.0 Å². The smallest absolute Gasteiger partial charge is 0.266 e. The van der Waals surface area contributed by atoms with Crippen LogP contribution in [0.1, 0.15) is 10.4 Å². The summed E-state index contributed by atoms with van der Waals surface area (Å²) >= 11 is 0. The maximum atomic E-state index is 12.7. The zero-order valence-corrected chi connectivity index (χ0v) is 16.9. The van der Waals surface area contributed by atoms with Crippen molar-refractivity contribution in [2.75, 3.05) is 20.1 Å². The fourth-order valence-electron chi connectivity index (χ4n) is 3.26. The number of fused-ring (bicyclic) bond motifs is 1. The van der Waals surface area contributed by atoms with Gasteiger partial charge in [-0.2, -0.15) is 5.10 Å². The summed E-state index contributed by atoms with van der Waals surface area (Å²) < 4.78 is 6.56. The van der Waals surface area contributed by atoms with Crippen LogP contribution in [0.5, 0.6) is 0 Å². The van der Waals surface area contributed by atoms with Crippen molar-refractivity contribution < 1.29 is 14.0 Å². The van der Waals surface area contributed by atoms with E-state index in [0.29, 0.717) is 17.0 Å². The summed E-state index contributed by atoms with van der Waals surface area (Å²) in [5.41, 5.74) is 1.62. The zero-order chi connectivity index (χ0) is 21.8. The van der Waals surface area contributed by atoms with Crippen LogP contribution < -0.4 is 10.9 Å². The number of likely N-dealkylation sites (N-methyl/N-ethyl adjacent to an activating group) is 1. The predicted octanol–water partition coefficient (Wildman–Crippen LogP) is 1.87. The number of para-hydroxylation sites is 1.